The fourth-order valence-corrected chi connectivity index (χ4v) is 4.94. The molecular weight excluding hydrogens is 428 g/mol. The predicted molar refractivity (Wildman–Crippen MR) is 131 cm³/mol. The van der Waals surface area contributed by atoms with E-state index in [-0.39, 0.29) is 11.9 Å². The van der Waals surface area contributed by atoms with E-state index in [1.807, 2.05) is 73.5 Å². The van der Waals surface area contributed by atoms with Crippen molar-refractivity contribution >= 4 is 16.9 Å². The zero-order valence-electron chi connectivity index (χ0n) is 19.9. The molecule has 34 heavy (non-hydrogen) atoms. The number of benzene rings is 2. The second kappa shape index (κ2) is 8.82. The summed E-state index contributed by atoms with van der Waals surface area (Å²) in [6.07, 6.45) is 1.84. The molecule has 2 aromatic carbocycles. The number of carbonyl (C=O) groups is 1. The highest BCUT2D eigenvalue weighted by Crippen LogP contribution is 2.38. The topological polar surface area (TPSA) is 69.5 Å². The first-order chi connectivity index (χ1) is 16.5. The summed E-state index contributed by atoms with van der Waals surface area (Å²) in [7, 11) is 5.12. The molecule has 2 aromatic heterocycles. The maximum atomic E-state index is 14.1. The fraction of sp³-hybridized carbons (Fsp3) is 0.296. The van der Waals surface area contributed by atoms with Crippen LogP contribution in [-0.4, -0.2) is 46.3 Å². The van der Waals surface area contributed by atoms with Gasteiger partial charge in [0.1, 0.15) is 0 Å². The van der Waals surface area contributed by atoms with Crippen LogP contribution < -0.4 is 9.47 Å². The van der Waals surface area contributed by atoms with Gasteiger partial charge in [0.05, 0.1) is 42.6 Å². The zero-order valence-corrected chi connectivity index (χ0v) is 19.9. The van der Waals surface area contributed by atoms with E-state index >= 15 is 0 Å². The summed E-state index contributed by atoms with van der Waals surface area (Å²) in [5.41, 5.74) is 4.93. The van der Waals surface area contributed by atoms with E-state index in [4.69, 9.17) is 14.5 Å². The van der Waals surface area contributed by atoms with Crippen molar-refractivity contribution in [3.63, 3.8) is 0 Å². The number of aromatic nitrogens is 3. The molecule has 1 aliphatic rings. The van der Waals surface area contributed by atoms with E-state index in [0.717, 1.165) is 40.7 Å². The molecule has 0 unspecified atom stereocenters. The van der Waals surface area contributed by atoms with Crippen LogP contribution in [-0.2, 0) is 7.05 Å². The van der Waals surface area contributed by atoms with Gasteiger partial charge in [-0.2, -0.15) is 5.10 Å². The number of hydrogen-bond donors (Lipinski definition) is 0. The Bertz CT molecular complexity index is 1360. The molecule has 1 aliphatic heterocycles. The average molecular weight is 457 g/mol. The Labute approximate surface area is 198 Å². The minimum atomic E-state index is -0.0346. The minimum Gasteiger partial charge on any atom is -0.493 e. The number of aryl methyl sites for hydroxylation is 2. The van der Waals surface area contributed by atoms with Crippen molar-refractivity contribution in [2.24, 2.45) is 7.05 Å². The molecule has 5 rings (SSSR count). The van der Waals surface area contributed by atoms with E-state index < -0.39 is 0 Å². The molecule has 1 fully saturated rings. The highest BCUT2D eigenvalue weighted by molar-refractivity contribution is 6.07. The number of amides is 1. The van der Waals surface area contributed by atoms with Crippen molar-refractivity contribution in [1.29, 1.82) is 0 Å². The number of carbonyl (C=O) groups excluding carboxylic acids is 1. The van der Waals surface area contributed by atoms with Gasteiger partial charge in [-0.05, 0) is 43.5 Å². The monoisotopic (exact) mass is 456 g/mol. The highest BCUT2D eigenvalue weighted by atomic mass is 16.5. The molecule has 0 aliphatic carbocycles. The first-order valence-corrected chi connectivity index (χ1v) is 11.4. The maximum absolute atomic E-state index is 14.1. The molecule has 7 heteroatoms. The van der Waals surface area contributed by atoms with Gasteiger partial charge in [0.15, 0.2) is 17.1 Å². The summed E-state index contributed by atoms with van der Waals surface area (Å²) in [6.45, 7) is 2.63. The second-order valence-electron chi connectivity index (χ2n) is 8.60. The van der Waals surface area contributed by atoms with Gasteiger partial charge in [-0.15, -0.1) is 0 Å². The third kappa shape index (κ3) is 3.67. The lowest BCUT2D eigenvalue weighted by atomic mass is 10.0. The lowest BCUT2D eigenvalue weighted by molar-refractivity contribution is 0.0737. The molecule has 1 saturated heterocycles. The quantitative estimate of drug-likeness (QED) is 0.426. The molecule has 1 amide bonds. The van der Waals surface area contributed by atoms with Gasteiger partial charge >= 0.3 is 0 Å². The van der Waals surface area contributed by atoms with Crippen molar-refractivity contribution in [1.82, 2.24) is 19.7 Å². The Hall–Kier alpha value is -3.87. The van der Waals surface area contributed by atoms with E-state index in [2.05, 4.69) is 5.10 Å². The molecular formula is C27H28N4O3. The standard InChI is InChI=1S/C27H28N4O3/c1-17-25-20(16-21(18-9-6-5-7-10-18)28-26(25)30(2)29-17)27(32)31-14-8-11-22(31)19-12-13-23(33-3)24(15-19)34-4/h5-7,9-10,12-13,15-16,22H,8,11,14H2,1-4H3/t22-/m1/s1. The Morgan fingerprint density at radius 1 is 1.03 bits per heavy atom. The van der Waals surface area contributed by atoms with E-state index in [1.54, 1.807) is 18.9 Å². The van der Waals surface area contributed by atoms with Gasteiger partial charge < -0.3 is 14.4 Å². The minimum absolute atomic E-state index is 0.00188. The lowest BCUT2D eigenvalue weighted by Crippen LogP contribution is -2.31. The number of pyridine rings is 1. The Morgan fingerprint density at radius 2 is 1.79 bits per heavy atom. The number of ether oxygens (including phenoxy) is 2. The van der Waals surface area contributed by atoms with E-state index in [0.29, 0.717) is 29.3 Å². The summed E-state index contributed by atoms with van der Waals surface area (Å²) < 4.78 is 12.7. The lowest BCUT2D eigenvalue weighted by Gasteiger charge is -2.26. The van der Waals surface area contributed by atoms with Gasteiger partial charge in [-0.1, -0.05) is 36.4 Å². The molecule has 0 bridgehead atoms. The van der Waals surface area contributed by atoms with Crippen molar-refractivity contribution in [3.05, 3.63) is 71.4 Å². The molecule has 0 N–H and O–H groups in total. The first kappa shape index (κ1) is 21.9. The number of fused-ring (bicyclic) bond motifs is 1. The van der Waals surface area contributed by atoms with Crippen LogP contribution in [0.15, 0.2) is 54.6 Å². The van der Waals surface area contributed by atoms with Crippen LogP contribution in [0.1, 0.15) is 40.5 Å². The average Bonchev–Trinajstić information content (AvgIpc) is 3.47. The molecule has 0 saturated carbocycles. The van der Waals surface area contributed by atoms with Gasteiger partial charge in [0.2, 0.25) is 0 Å². The number of nitrogens with zero attached hydrogens (tertiary/aromatic N) is 4. The molecule has 0 radical (unpaired) electrons. The van der Waals surface area contributed by atoms with Gasteiger partial charge in [0, 0.05) is 19.2 Å². The summed E-state index contributed by atoms with van der Waals surface area (Å²) >= 11 is 0. The van der Waals surface area contributed by atoms with Crippen molar-refractivity contribution in [2.75, 3.05) is 20.8 Å². The van der Waals surface area contributed by atoms with E-state index in [9.17, 15) is 4.79 Å². The van der Waals surface area contributed by atoms with Crippen LogP contribution in [0.3, 0.4) is 0 Å². The predicted octanol–water partition coefficient (Wildman–Crippen LogP) is 4.94. The molecule has 4 aromatic rings. The Morgan fingerprint density at radius 3 is 2.53 bits per heavy atom. The Balaban J connectivity index is 1.60. The highest BCUT2D eigenvalue weighted by Gasteiger charge is 2.33. The SMILES string of the molecule is COc1ccc([C@H]2CCCN2C(=O)c2cc(-c3ccccc3)nc3c2c(C)nn3C)cc1OC. The Kier molecular flexibility index (Phi) is 5.69. The normalized spacial score (nSPS) is 15.6. The molecule has 174 valence electrons. The zero-order chi connectivity index (χ0) is 23.8. The fourth-order valence-electron chi connectivity index (χ4n) is 4.94. The largest absolute Gasteiger partial charge is 0.493 e. The van der Waals surface area contributed by atoms with Crippen LogP contribution in [0.4, 0.5) is 0 Å². The van der Waals surface area contributed by atoms with Crippen LogP contribution in [0.5, 0.6) is 11.5 Å². The summed E-state index contributed by atoms with van der Waals surface area (Å²) in [4.78, 5) is 20.9. The van der Waals surface area contributed by atoms with Crippen LogP contribution in [0, 0.1) is 6.92 Å². The number of hydrogen-bond acceptors (Lipinski definition) is 5. The number of methoxy groups -OCH3 is 2. The first-order valence-electron chi connectivity index (χ1n) is 11.4. The third-order valence-electron chi connectivity index (χ3n) is 6.57. The van der Waals surface area contributed by atoms with Gasteiger partial charge in [-0.3, -0.25) is 9.48 Å². The molecule has 3 heterocycles. The number of likely N-dealkylation sites (tertiary alicyclic amines) is 1. The van der Waals surface area contributed by atoms with E-state index in [1.165, 1.54) is 0 Å². The summed E-state index contributed by atoms with van der Waals surface area (Å²) in [6, 6.07) is 17.7. The van der Waals surface area contributed by atoms with Crippen molar-refractivity contribution < 1.29 is 14.3 Å². The smallest absolute Gasteiger partial charge is 0.255 e. The maximum Gasteiger partial charge on any atom is 0.255 e. The van der Waals surface area contributed by atoms with Crippen LogP contribution in [0.2, 0.25) is 0 Å². The summed E-state index contributed by atoms with van der Waals surface area (Å²) in [5, 5.41) is 5.38. The molecule has 1 atom stereocenters. The van der Waals surface area contributed by atoms with Gasteiger partial charge in [-0.25, -0.2) is 4.98 Å². The van der Waals surface area contributed by atoms with Crippen molar-refractivity contribution in [2.45, 2.75) is 25.8 Å². The molecule has 7 nitrogen and oxygen atoms in total. The summed E-state index contributed by atoms with van der Waals surface area (Å²) in [5.74, 6) is 1.34. The molecule has 0 spiro atoms. The number of rotatable bonds is 5. The van der Waals surface area contributed by atoms with Crippen molar-refractivity contribution in [3.8, 4) is 22.8 Å². The van der Waals surface area contributed by atoms with Crippen LogP contribution >= 0.6 is 0 Å². The van der Waals surface area contributed by atoms with Crippen LogP contribution in [0.25, 0.3) is 22.3 Å². The third-order valence-corrected chi connectivity index (χ3v) is 6.57. The second-order valence-corrected chi connectivity index (χ2v) is 8.60. The van der Waals surface area contributed by atoms with Gasteiger partial charge in [0.25, 0.3) is 5.91 Å².